The molecule has 0 radical (unpaired) electrons. The van der Waals surface area contributed by atoms with Crippen molar-refractivity contribution in [2.24, 2.45) is 0 Å². The number of aromatic carboxylic acids is 1. The van der Waals surface area contributed by atoms with Crippen LogP contribution in [0.2, 0.25) is 0 Å². The minimum atomic E-state index is -1.07. The van der Waals surface area contributed by atoms with E-state index in [2.05, 4.69) is 10.5 Å². The molecule has 2 amide bonds. The highest BCUT2D eigenvalue weighted by molar-refractivity contribution is 7.14. The van der Waals surface area contributed by atoms with Crippen molar-refractivity contribution in [3.63, 3.8) is 0 Å². The van der Waals surface area contributed by atoms with E-state index in [1.54, 1.807) is 26.3 Å². The summed E-state index contributed by atoms with van der Waals surface area (Å²) in [4.78, 5) is 24.6. The summed E-state index contributed by atoms with van der Waals surface area (Å²) in [5.41, 5.74) is 1.66. The van der Waals surface area contributed by atoms with Gasteiger partial charge in [0, 0.05) is 12.6 Å². The van der Waals surface area contributed by atoms with Crippen molar-refractivity contribution in [2.75, 3.05) is 12.4 Å². The number of aromatic nitrogens is 1. The molecule has 2 N–H and O–H groups in total. The zero-order chi connectivity index (χ0) is 15.6. The number of rotatable bonds is 4. The summed E-state index contributed by atoms with van der Waals surface area (Å²) in [5.74, 6) is -0.408. The molecular weight excluding hydrogens is 294 g/mol. The summed E-state index contributed by atoms with van der Waals surface area (Å²) in [6, 6.07) is 1.07. The van der Waals surface area contributed by atoms with Crippen molar-refractivity contribution in [1.29, 1.82) is 0 Å². The second-order valence-corrected chi connectivity index (χ2v) is 5.47. The fraction of sp³-hybridized carbons (Fsp3) is 0.308. The van der Waals surface area contributed by atoms with E-state index < -0.39 is 5.97 Å². The lowest BCUT2D eigenvalue weighted by Gasteiger charge is -2.17. The molecule has 2 aromatic rings. The molecule has 2 aromatic heterocycles. The van der Waals surface area contributed by atoms with Crippen LogP contribution in [0.3, 0.4) is 0 Å². The highest BCUT2D eigenvalue weighted by atomic mass is 32.1. The van der Waals surface area contributed by atoms with Gasteiger partial charge in [-0.2, -0.15) is 0 Å². The van der Waals surface area contributed by atoms with E-state index in [4.69, 9.17) is 9.63 Å². The third-order valence-electron chi connectivity index (χ3n) is 3.04. The first-order valence-electron chi connectivity index (χ1n) is 6.14. The number of carbonyl (C=O) groups is 2. The van der Waals surface area contributed by atoms with E-state index in [0.29, 0.717) is 17.3 Å². The summed E-state index contributed by atoms with van der Waals surface area (Å²) in [7, 11) is 1.62. The Morgan fingerprint density at radius 1 is 1.48 bits per heavy atom. The van der Waals surface area contributed by atoms with Crippen molar-refractivity contribution in [2.45, 2.75) is 20.4 Å². The van der Waals surface area contributed by atoms with Gasteiger partial charge in [-0.15, -0.1) is 11.3 Å². The Balaban J connectivity index is 2.06. The van der Waals surface area contributed by atoms with Crippen LogP contribution in [0.1, 0.15) is 27.4 Å². The predicted molar refractivity (Wildman–Crippen MR) is 77.7 cm³/mol. The van der Waals surface area contributed by atoms with Gasteiger partial charge in [-0.1, -0.05) is 5.16 Å². The monoisotopic (exact) mass is 309 g/mol. The molecule has 2 heterocycles. The number of nitrogens with one attached hydrogen (secondary N) is 1. The predicted octanol–water partition coefficient (Wildman–Crippen LogP) is 2.72. The number of carboxylic acid groups (broad SMARTS) is 1. The number of aryl methyl sites for hydroxylation is 2. The fourth-order valence-corrected chi connectivity index (χ4v) is 2.57. The number of hydrogen-bond donors (Lipinski definition) is 2. The number of hydrogen-bond acceptors (Lipinski definition) is 5. The first-order valence-corrected chi connectivity index (χ1v) is 7.02. The van der Waals surface area contributed by atoms with Gasteiger partial charge in [0.2, 0.25) is 0 Å². The molecule has 0 saturated carbocycles. The molecule has 0 aliphatic heterocycles. The Kier molecular flexibility index (Phi) is 4.27. The van der Waals surface area contributed by atoms with Gasteiger partial charge in [0.1, 0.15) is 10.8 Å². The van der Waals surface area contributed by atoms with Crippen molar-refractivity contribution in [1.82, 2.24) is 10.1 Å². The number of carbonyl (C=O) groups excluding carboxylic acids is 1. The highest BCUT2D eigenvalue weighted by Gasteiger charge is 2.18. The number of carboxylic acids is 1. The minimum Gasteiger partial charge on any atom is -0.478 e. The Morgan fingerprint density at radius 2 is 2.19 bits per heavy atom. The molecule has 0 saturated heterocycles. The lowest BCUT2D eigenvalue weighted by Crippen LogP contribution is -2.31. The lowest BCUT2D eigenvalue weighted by atomic mass is 10.2. The van der Waals surface area contributed by atoms with Gasteiger partial charge in [0.05, 0.1) is 17.8 Å². The first-order chi connectivity index (χ1) is 9.90. The van der Waals surface area contributed by atoms with Crippen LogP contribution in [0.15, 0.2) is 16.0 Å². The maximum atomic E-state index is 12.1. The number of amides is 2. The van der Waals surface area contributed by atoms with Crippen LogP contribution < -0.4 is 5.32 Å². The van der Waals surface area contributed by atoms with E-state index in [1.165, 1.54) is 22.3 Å². The molecule has 0 unspecified atom stereocenters. The van der Waals surface area contributed by atoms with Crippen LogP contribution >= 0.6 is 11.3 Å². The van der Waals surface area contributed by atoms with E-state index in [-0.39, 0.29) is 11.6 Å². The Hall–Kier alpha value is -2.35. The topological polar surface area (TPSA) is 95.7 Å². The Labute approximate surface area is 125 Å². The average Bonchev–Trinajstić information content (AvgIpc) is 3.00. The zero-order valence-corrected chi connectivity index (χ0v) is 12.7. The van der Waals surface area contributed by atoms with Gasteiger partial charge in [0.15, 0.2) is 0 Å². The number of anilines is 1. The van der Waals surface area contributed by atoms with E-state index in [9.17, 15) is 9.59 Å². The molecule has 0 bridgehead atoms. The van der Waals surface area contributed by atoms with Crippen LogP contribution in [0.25, 0.3) is 0 Å². The molecule has 112 valence electrons. The summed E-state index contributed by atoms with van der Waals surface area (Å²) in [6.07, 6.45) is 0. The third-order valence-corrected chi connectivity index (χ3v) is 3.87. The largest absolute Gasteiger partial charge is 0.478 e. The van der Waals surface area contributed by atoms with E-state index in [1.807, 2.05) is 0 Å². The molecule has 0 aliphatic carbocycles. The molecule has 21 heavy (non-hydrogen) atoms. The molecule has 0 atom stereocenters. The maximum absolute atomic E-state index is 12.1. The van der Waals surface area contributed by atoms with Crippen LogP contribution in [0.4, 0.5) is 9.80 Å². The number of urea groups is 1. The van der Waals surface area contributed by atoms with Crippen LogP contribution in [0, 0.1) is 13.8 Å². The lowest BCUT2D eigenvalue weighted by molar-refractivity contribution is 0.0698. The zero-order valence-electron chi connectivity index (χ0n) is 11.8. The van der Waals surface area contributed by atoms with Gasteiger partial charge in [0.25, 0.3) is 0 Å². The summed E-state index contributed by atoms with van der Waals surface area (Å²) >= 11 is 1.17. The fourth-order valence-electron chi connectivity index (χ4n) is 1.80. The standard InChI is InChI=1S/C13H15N3O4S/c1-7-10(8(2)20-15-7)6-16(3)13(19)14-11-9(12(17)18)4-5-21-11/h4-5H,6H2,1-3H3,(H,14,19)(H,17,18). The number of nitrogens with zero attached hydrogens (tertiary/aromatic N) is 2. The Bertz CT molecular complexity index is 657. The van der Waals surface area contributed by atoms with Crippen LogP contribution in [-0.4, -0.2) is 34.2 Å². The summed E-state index contributed by atoms with van der Waals surface area (Å²) in [5, 5.41) is 17.4. The molecule has 0 spiro atoms. The molecular formula is C13H15N3O4S. The van der Waals surface area contributed by atoms with Crippen molar-refractivity contribution >= 4 is 28.3 Å². The van der Waals surface area contributed by atoms with Gasteiger partial charge in [-0.25, -0.2) is 9.59 Å². The maximum Gasteiger partial charge on any atom is 0.338 e. The first kappa shape index (κ1) is 15.0. The molecule has 2 rings (SSSR count). The second-order valence-electron chi connectivity index (χ2n) is 4.56. The molecule has 0 aliphatic rings. The SMILES string of the molecule is Cc1noc(C)c1CN(C)C(=O)Nc1sccc1C(=O)O. The van der Waals surface area contributed by atoms with Crippen molar-refractivity contribution in [3.8, 4) is 0 Å². The molecule has 7 nitrogen and oxygen atoms in total. The average molecular weight is 309 g/mol. The molecule has 8 heteroatoms. The summed E-state index contributed by atoms with van der Waals surface area (Å²) < 4.78 is 5.05. The quantitative estimate of drug-likeness (QED) is 0.905. The van der Waals surface area contributed by atoms with Crippen LogP contribution in [-0.2, 0) is 6.54 Å². The highest BCUT2D eigenvalue weighted by Crippen LogP contribution is 2.23. The second kappa shape index (κ2) is 5.96. The van der Waals surface area contributed by atoms with Gasteiger partial charge in [-0.05, 0) is 25.3 Å². The van der Waals surface area contributed by atoms with Crippen LogP contribution in [0.5, 0.6) is 0 Å². The van der Waals surface area contributed by atoms with E-state index >= 15 is 0 Å². The van der Waals surface area contributed by atoms with Gasteiger partial charge < -0.3 is 14.5 Å². The Morgan fingerprint density at radius 3 is 2.76 bits per heavy atom. The van der Waals surface area contributed by atoms with Crippen molar-refractivity contribution < 1.29 is 19.2 Å². The number of thiophene rings is 1. The third kappa shape index (κ3) is 3.22. The molecule has 0 aromatic carbocycles. The minimum absolute atomic E-state index is 0.0825. The van der Waals surface area contributed by atoms with Gasteiger partial charge in [-0.3, -0.25) is 5.32 Å². The van der Waals surface area contributed by atoms with Crippen molar-refractivity contribution in [3.05, 3.63) is 34.0 Å². The van der Waals surface area contributed by atoms with E-state index in [0.717, 1.165) is 11.3 Å². The smallest absolute Gasteiger partial charge is 0.338 e. The molecule has 0 fully saturated rings. The summed E-state index contributed by atoms with van der Waals surface area (Å²) in [6.45, 7) is 3.92. The normalized spacial score (nSPS) is 10.4. The van der Waals surface area contributed by atoms with Gasteiger partial charge >= 0.3 is 12.0 Å².